The van der Waals surface area contributed by atoms with Gasteiger partial charge in [0.15, 0.2) is 0 Å². The molecular weight excluding hydrogens is 238 g/mol. The first kappa shape index (κ1) is 13.7. The van der Waals surface area contributed by atoms with Crippen LogP contribution in [0.5, 0.6) is 0 Å². The fourth-order valence-electron chi connectivity index (χ4n) is 2.90. The van der Waals surface area contributed by atoms with Gasteiger partial charge in [0.2, 0.25) is 5.91 Å². The normalized spacial score (nSPS) is 28.9. The number of rotatable bonds is 2. The summed E-state index contributed by atoms with van der Waals surface area (Å²) in [5, 5.41) is 2.64. The number of hydrogen-bond donors (Lipinski definition) is 1. The van der Waals surface area contributed by atoms with Gasteiger partial charge in [-0.25, -0.2) is 8.78 Å². The Kier molecular flexibility index (Phi) is 3.90. The molecule has 2 saturated heterocycles. The average molecular weight is 260 g/mol. The van der Waals surface area contributed by atoms with Gasteiger partial charge >= 0.3 is 0 Å². The Morgan fingerprint density at radius 3 is 2.39 bits per heavy atom. The van der Waals surface area contributed by atoms with Crippen LogP contribution in [-0.2, 0) is 4.79 Å². The van der Waals surface area contributed by atoms with E-state index in [-0.39, 0.29) is 18.9 Å². The summed E-state index contributed by atoms with van der Waals surface area (Å²) in [7, 11) is 0. The molecule has 0 radical (unpaired) electrons. The first-order chi connectivity index (χ1) is 8.39. The fraction of sp³-hybridized carbons (Fsp3) is 0.923. The maximum absolute atomic E-state index is 13.1. The summed E-state index contributed by atoms with van der Waals surface area (Å²) in [5.41, 5.74) is 0. The minimum atomic E-state index is -2.73. The quantitative estimate of drug-likeness (QED) is 0.822. The predicted octanol–water partition coefficient (Wildman–Crippen LogP) is 1.88. The lowest BCUT2D eigenvalue weighted by Crippen LogP contribution is -2.47. The van der Waals surface area contributed by atoms with Crippen LogP contribution in [-0.4, -0.2) is 42.4 Å². The Hall–Kier alpha value is -0.710. The number of amides is 1. The lowest BCUT2D eigenvalue weighted by atomic mass is 9.86. The molecule has 0 saturated carbocycles. The van der Waals surface area contributed by atoms with E-state index in [1.54, 1.807) is 4.90 Å². The van der Waals surface area contributed by atoms with Gasteiger partial charge in [0.1, 0.15) is 0 Å². The van der Waals surface area contributed by atoms with Crippen LogP contribution in [0.4, 0.5) is 8.78 Å². The van der Waals surface area contributed by atoms with Crippen molar-refractivity contribution < 1.29 is 13.6 Å². The van der Waals surface area contributed by atoms with Crippen LogP contribution in [0.25, 0.3) is 0 Å². The Morgan fingerprint density at radius 2 is 1.94 bits per heavy atom. The summed E-state index contributed by atoms with van der Waals surface area (Å²) in [5.74, 6) is -1.58. The number of alkyl halides is 2. The summed E-state index contributed by atoms with van der Waals surface area (Å²) < 4.78 is 26.1. The summed E-state index contributed by atoms with van der Waals surface area (Å²) >= 11 is 0. The van der Waals surface area contributed by atoms with Crippen molar-refractivity contribution in [1.82, 2.24) is 10.2 Å². The molecule has 1 amide bonds. The van der Waals surface area contributed by atoms with Gasteiger partial charge in [-0.2, -0.15) is 0 Å². The standard InChI is InChI=1S/C13H22F2N2O/c1-9(2)10-3-5-17(6-4-10)12(18)11-7-13(14,15)8-16-11/h9-11,16H,3-8H2,1-2H3/t11-/m0/s1. The maximum atomic E-state index is 13.1. The molecule has 0 aliphatic carbocycles. The zero-order valence-electron chi connectivity index (χ0n) is 11.1. The van der Waals surface area contributed by atoms with Crippen LogP contribution in [0, 0.1) is 11.8 Å². The molecule has 18 heavy (non-hydrogen) atoms. The van der Waals surface area contributed by atoms with E-state index < -0.39 is 12.0 Å². The number of likely N-dealkylation sites (tertiary alicyclic amines) is 1. The molecule has 104 valence electrons. The molecule has 2 heterocycles. The molecule has 2 fully saturated rings. The van der Waals surface area contributed by atoms with Gasteiger partial charge in [-0.05, 0) is 24.7 Å². The van der Waals surface area contributed by atoms with Gasteiger partial charge in [-0.1, -0.05) is 13.8 Å². The van der Waals surface area contributed by atoms with E-state index in [1.165, 1.54) is 0 Å². The van der Waals surface area contributed by atoms with E-state index in [0.717, 1.165) is 12.8 Å². The molecule has 0 aromatic carbocycles. The lowest BCUT2D eigenvalue weighted by Gasteiger charge is -2.35. The van der Waals surface area contributed by atoms with E-state index in [1.807, 2.05) is 0 Å². The minimum absolute atomic E-state index is 0.144. The first-order valence-corrected chi connectivity index (χ1v) is 6.79. The molecule has 0 unspecified atom stereocenters. The number of hydrogen-bond acceptors (Lipinski definition) is 2. The van der Waals surface area contributed by atoms with Crippen molar-refractivity contribution in [2.45, 2.75) is 45.1 Å². The van der Waals surface area contributed by atoms with Crippen LogP contribution in [0.3, 0.4) is 0 Å². The highest BCUT2D eigenvalue weighted by molar-refractivity contribution is 5.82. The Morgan fingerprint density at radius 1 is 1.33 bits per heavy atom. The second kappa shape index (κ2) is 5.11. The van der Waals surface area contributed by atoms with E-state index in [4.69, 9.17) is 0 Å². The Bertz CT molecular complexity index is 312. The van der Waals surface area contributed by atoms with Gasteiger partial charge < -0.3 is 4.90 Å². The number of carbonyl (C=O) groups excluding carboxylic acids is 1. The smallest absolute Gasteiger partial charge is 0.262 e. The summed E-state index contributed by atoms with van der Waals surface area (Å²) in [6, 6.07) is -0.685. The number of nitrogens with one attached hydrogen (secondary N) is 1. The van der Waals surface area contributed by atoms with E-state index in [9.17, 15) is 13.6 Å². The number of halogens is 2. The van der Waals surface area contributed by atoms with Gasteiger partial charge in [-0.3, -0.25) is 10.1 Å². The monoisotopic (exact) mass is 260 g/mol. The molecule has 3 nitrogen and oxygen atoms in total. The number of piperidine rings is 1. The highest BCUT2D eigenvalue weighted by Crippen LogP contribution is 2.28. The Labute approximate surface area is 107 Å². The molecule has 0 spiro atoms. The number of nitrogens with zero attached hydrogens (tertiary/aromatic N) is 1. The molecule has 2 rings (SSSR count). The van der Waals surface area contributed by atoms with Crippen molar-refractivity contribution in [3.63, 3.8) is 0 Å². The van der Waals surface area contributed by atoms with Crippen molar-refractivity contribution in [3.05, 3.63) is 0 Å². The maximum Gasteiger partial charge on any atom is 0.262 e. The van der Waals surface area contributed by atoms with Crippen molar-refractivity contribution in [1.29, 1.82) is 0 Å². The third-order valence-corrected chi connectivity index (χ3v) is 4.20. The second-order valence-electron chi connectivity index (χ2n) is 5.90. The highest BCUT2D eigenvalue weighted by atomic mass is 19.3. The second-order valence-corrected chi connectivity index (χ2v) is 5.90. The molecular formula is C13H22F2N2O. The van der Waals surface area contributed by atoms with E-state index >= 15 is 0 Å². The van der Waals surface area contributed by atoms with Gasteiger partial charge in [0, 0.05) is 19.5 Å². The summed E-state index contributed by atoms with van der Waals surface area (Å²) in [6.45, 7) is 5.45. The van der Waals surface area contributed by atoms with Crippen molar-refractivity contribution in [2.75, 3.05) is 19.6 Å². The van der Waals surface area contributed by atoms with Crippen molar-refractivity contribution in [2.24, 2.45) is 11.8 Å². The third-order valence-electron chi connectivity index (χ3n) is 4.20. The first-order valence-electron chi connectivity index (χ1n) is 6.79. The van der Waals surface area contributed by atoms with Crippen LogP contribution >= 0.6 is 0 Å². The zero-order chi connectivity index (χ0) is 13.3. The van der Waals surface area contributed by atoms with Crippen molar-refractivity contribution >= 4 is 5.91 Å². The van der Waals surface area contributed by atoms with E-state index in [0.29, 0.717) is 24.9 Å². The zero-order valence-corrected chi connectivity index (χ0v) is 11.1. The van der Waals surface area contributed by atoms with Crippen LogP contribution in [0.2, 0.25) is 0 Å². The predicted molar refractivity (Wildman–Crippen MR) is 65.5 cm³/mol. The molecule has 2 aliphatic rings. The average Bonchev–Trinajstić information content (AvgIpc) is 2.69. The SMILES string of the molecule is CC(C)C1CCN(C(=O)[C@@H]2CC(F)(F)CN2)CC1. The molecule has 1 atom stereocenters. The van der Waals surface area contributed by atoms with Crippen LogP contribution < -0.4 is 5.32 Å². The molecule has 0 bridgehead atoms. The molecule has 5 heteroatoms. The lowest BCUT2D eigenvalue weighted by molar-refractivity contribution is -0.135. The summed E-state index contributed by atoms with van der Waals surface area (Å²) in [6.07, 6.45) is 1.63. The topological polar surface area (TPSA) is 32.3 Å². The summed E-state index contributed by atoms with van der Waals surface area (Å²) in [4.78, 5) is 13.8. The Balaban J connectivity index is 1.85. The third kappa shape index (κ3) is 2.99. The molecule has 2 aliphatic heterocycles. The number of carbonyl (C=O) groups is 1. The molecule has 0 aromatic rings. The van der Waals surface area contributed by atoms with Gasteiger partial charge in [0.25, 0.3) is 5.92 Å². The fourth-order valence-corrected chi connectivity index (χ4v) is 2.90. The van der Waals surface area contributed by atoms with E-state index in [2.05, 4.69) is 19.2 Å². The molecule has 0 aromatic heterocycles. The molecule has 1 N–H and O–H groups in total. The van der Waals surface area contributed by atoms with Crippen LogP contribution in [0.1, 0.15) is 33.1 Å². The van der Waals surface area contributed by atoms with Gasteiger partial charge in [-0.15, -0.1) is 0 Å². The largest absolute Gasteiger partial charge is 0.341 e. The van der Waals surface area contributed by atoms with Crippen LogP contribution in [0.15, 0.2) is 0 Å². The van der Waals surface area contributed by atoms with Gasteiger partial charge in [0.05, 0.1) is 12.6 Å². The van der Waals surface area contributed by atoms with Crippen molar-refractivity contribution in [3.8, 4) is 0 Å². The highest BCUT2D eigenvalue weighted by Gasteiger charge is 2.43. The minimum Gasteiger partial charge on any atom is -0.341 e.